The van der Waals surface area contributed by atoms with Crippen LogP contribution in [0.5, 0.6) is 0 Å². The summed E-state index contributed by atoms with van der Waals surface area (Å²) >= 11 is 0. The number of nitrogens with zero attached hydrogens (tertiary/aromatic N) is 2. The maximum absolute atomic E-state index is 14.7. The molecule has 1 aromatic heterocycles. The first-order chi connectivity index (χ1) is 18.4. The fourth-order valence-corrected chi connectivity index (χ4v) is 4.90. The highest BCUT2D eigenvalue weighted by Crippen LogP contribution is 2.25. The highest BCUT2D eigenvalue weighted by Gasteiger charge is 2.38. The molecule has 0 aromatic carbocycles. The number of nitrogens with one attached hydrogen (secondary N) is 1. The van der Waals surface area contributed by atoms with Crippen LogP contribution in [0.4, 0.5) is 4.39 Å². The lowest BCUT2D eigenvalue weighted by atomic mass is 9.94. The molecule has 0 spiro atoms. The molecular weight excluding hydrogens is 505 g/mol. The standard InChI is InChI=1S/C29H40FN3O6/c1-17(2)27-19(4)9-11-25(35)31-20(5)10-8-18(3)13-22(34)14-21(30)15-26-32-23(16-38-26)28(36)33-12-6-7-24(33)29(37)39-27/h8-11,13,16-17,19-22,24,27,34H,6-7,12,14-15H2,1-5H3,(H,31,35)/b10-8+,11-9+,18-13+/t19-,20+,21-,22-,24-,27-/m1/s1. The molecule has 2 N–H and O–H groups in total. The molecule has 2 aliphatic rings. The molecule has 3 rings (SSSR count). The van der Waals surface area contributed by atoms with Gasteiger partial charge in [-0.15, -0.1) is 0 Å². The van der Waals surface area contributed by atoms with Crippen LogP contribution >= 0.6 is 0 Å². The van der Waals surface area contributed by atoms with Crippen LogP contribution in [0.15, 0.2) is 46.6 Å². The number of esters is 1. The van der Waals surface area contributed by atoms with Gasteiger partial charge in [-0.05, 0) is 38.7 Å². The van der Waals surface area contributed by atoms with E-state index in [1.165, 1.54) is 23.3 Å². The number of hydrogen-bond acceptors (Lipinski definition) is 7. The molecule has 10 heteroatoms. The average Bonchev–Trinajstić information content (AvgIpc) is 3.53. The van der Waals surface area contributed by atoms with Crippen LogP contribution in [0, 0.1) is 11.8 Å². The predicted octanol–water partition coefficient (Wildman–Crippen LogP) is 3.69. The van der Waals surface area contributed by atoms with E-state index in [9.17, 15) is 23.9 Å². The number of hydrogen-bond donors (Lipinski definition) is 2. The number of ether oxygens (including phenoxy) is 1. The molecule has 0 unspecified atom stereocenters. The lowest BCUT2D eigenvalue weighted by molar-refractivity contribution is -0.158. The maximum atomic E-state index is 14.7. The smallest absolute Gasteiger partial charge is 0.329 e. The number of fused-ring (bicyclic) bond motifs is 3. The minimum absolute atomic E-state index is 0.00596. The number of aliphatic hydroxyl groups excluding tert-OH is 1. The Morgan fingerprint density at radius 1 is 1.18 bits per heavy atom. The molecule has 9 nitrogen and oxygen atoms in total. The first-order valence-electron chi connectivity index (χ1n) is 13.6. The number of aliphatic hydroxyl groups is 1. The van der Waals surface area contributed by atoms with E-state index in [0.717, 1.165) is 0 Å². The largest absolute Gasteiger partial charge is 0.460 e. The molecule has 214 valence electrons. The molecule has 6 atom stereocenters. The number of cyclic esters (lactones) is 1. The minimum Gasteiger partial charge on any atom is -0.460 e. The molecule has 0 saturated carbocycles. The van der Waals surface area contributed by atoms with Gasteiger partial charge in [0.25, 0.3) is 5.91 Å². The Labute approximate surface area is 229 Å². The van der Waals surface area contributed by atoms with Crippen LogP contribution in [0.3, 0.4) is 0 Å². The molecule has 3 heterocycles. The Bertz CT molecular complexity index is 1110. The maximum Gasteiger partial charge on any atom is 0.329 e. The van der Waals surface area contributed by atoms with Crippen molar-refractivity contribution in [3.63, 3.8) is 0 Å². The number of oxazole rings is 1. The van der Waals surface area contributed by atoms with Crippen LogP contribution < -0.4 is 5.32 Å². The first-order valence-corrected chi connectivity index (χ1v) is 13.6. The van der Waals surface area contributed by atoms with Gasteiger partial charge in [0.2, 0.25) is 5.91 Å². The number of amides is 2. The zero-order chi connectivity index (χ0) is 28.7. The second-order valence-corrected chi connectivity index (χ2v) is 10.8. The second kappa shape index (κ2) is 13.7. The zero-order valence-corrected chi connectivity index (χ0v) is 23.3. The Balaban J connectivity index is 1.87. The monoisotopic (exact) mass is 545 g/mol. The summed E-state index contributed by atoms with van der Waals surface area (Å²) in [5, 5.41) is 13.1. The van der Waals surface area contributed by atoms with Crippen molar-refractivity contribution in [2.75, 3.05) is 6.54 Å². The van der Waals surface area contributed by atoms with Crippen LogP contribution in [-0.4, -0.2) is 69.8 Å². The molecule has 1 aromatic rings. The topological polar surface area (TPSA) is 122 Å². The number of alkyl halides is 1. The van der Waals surface area contributed by atoms with Crippen LogP contribution in [0.25, 0.3) is 0 Å². The average molecular weight is 546 g/mol. The highest BCUT2D eigenvalue weighted by molar-refractivity contribution is 5.95. The van der Waals surface area contributed by atoms with Crippen LogP contribution in [0.1, 0.15) is 70.3 Å². The number of aromatic nitrogens is 1. The summed E-state index contributed by atoms with van der Waals surface area (Å²) in [5.74, 6) is -1.53. The number of allylic oxidation sites excluding steroid dienone is 2. The first kappa shape index (κ1) is 30.3. The van der Waals surface area contributed by atoms with Crippen molar-refractivity contribution < 1.29 is 33.0 Å². The minimum atomic E-state index is -1.45. The molecule has 0 aliphatic carbocycles. The molecular formula is C29H40FN3O6. The Morgan fingerprint density at radius 3 is 2.64 bits per heavy atom. The van der Waals surface area contributed by atoms with Gasteiger partial charge in [-0.3, -0.25) is 9.59 Å². The zero-order valence-electron chi connectivity index (χ0n) is 23.3. The summed E-state index contributed by atoms with van der Waals surface area (Å²) in [7, 11) is 0. The van der Waals surface area contributed by atoms with E-state index in [0.29, 0.717) is 25.0 Å². The van der Waals surface area contributed by atoms with Crippen molar-refractivity contribution in [3.05, 3.63) is 53.8 Å². The summed E-state index contributed by atoms with van der Waals surface area (Å²) in [6, 6.07) is -1.07. The third kappa shape index (κ3) is 8.61. The van der Waals surface area contributed by atoms with Gasteiger partial charge in [0.15, 0.2) is 11.6 Å². The fourth-order valence-electron chi connectivity index (χ4n) is 4.90. The third-order valence-electron chi connectivity index (χ3n) is 6.90. The molecule has 1 saturated heterocycles. The van der Waals surface area contributed by atoms with E-state index in [-0.39, 0.29) is 48.2 Å². The summed E-state index contributed by atoms with van der Waals surface area (Å²) in [6.07, 6.45) is 7.07. The lowest BCUT2D eigenvalue weighted by Gasteiger charge is -2.29. The summed E-state index contributed by atoms with van der Waals surface area (Å²) < 4.78 is 25.9. The number of rotatable bonds is 1. The van der Waals surface area contributed by atoms with E-state index in [1.807, 2.05) is 27.7 Å². The van der Waals surface area contributed by atoms with Crippen LogP contribution in [-0.2, 0) is 20.7 Å². The van der Waals surface area contributed by atoms with E-state index in [2.05, 4.69) is 10.3 Å². The van der Waals surface area contributed by atoms with Gasteiger partial charge in [-0.1, -0.05) is 50.6 Å². The number of carbonyl (C=O) groups is 3. The van der Waals surface area contributed by atoms with Crippen molar-refractivity contribution in [2.24, 2.45) is 11.8 Å². The Hall–Kier alpha value is -3.27. The highest BCUT2D eigenvalue weighted by atomic mass is 19.1. The van der Waals surface area contributed by atoms with E-state index in [1.54, 1.807) is 25.2 Å². The Morgan fingerprint density at radius 2 is 1.92 bits per heavy atom. The molecule has 39 heavy (non-hydrogen) atoms. The van der Waals surface area contributed by atoms with Gasteiger partial charge in [0, 0.05) is 24.9 Å². The Kier molecular flexibility index (Phi) is 10.6. The summed E-state index contributed by atoms with van der Waals surface area (Å²) in [5.41, 5.74) is 0.706. The molecule has 2 bridgehead atoms. The summed E-state index contributed by atoms with van der Waals surface area (Å²) in [6.45, 7) is 9.68. The third-order valence-corrected chi connectivity index (χ3v) is 6.90. The number of carbonyl (C=O) groups excluding carboxylic acids is 3. The number of halogens is 1. The summed E-state index contributed by atoms with van der Waals surface area (Å²) in [4.78, 5) is 44.4. The quantitative estimate of drug-likeness (QED) is 0.516. The van der Waals surface area contributed by atoms with Gasteiger partial charge >= 0.3 is 5.97 Å². The van der Waals surface area contributed by atoms with Crippen molar-refractivity contribution >= 4 is 17.8 Å². The van der Waals surface area contributed by atoms with Crippen molar-refractivity contribution in [2.45, 2.75) is 90.8 Å². The predicted molar refractivity (Wildman–Crippen MR) is 143 cm³/mol. The molecule has 1 fully saturated rings. The fraction of sp³-hybridized carbons (Fsp3) is 0.586. The van der Waals surface area contributed by atoms with Gasteiger partial charge < -0.3 is 24.5 Å². The van der Waals surface area contributed by atoms with Crippen molar-refractivity contribution in [3.8, 4) is 0 Å². The van der Waals surface area contributed by atoms with Gasteiger partial charge in [0.05, 0.1) is 12.5 Å². The van der Waals surface area contributed by atoms with Crippen molar-refractivity contribution in [1.29, 1.82) is 0 Å². The second-order valence-electron chi connectivity index (χ2n) is 10.8. The van der Waals surface area contributed by atoms with Crippen LogP contribution in [0.2, 0.25) is 0 Å². The molecule has 0 radical (unpaired) electrons. The lowest BCUT2D eigenvalue weighted by Crippen LogP contribution is -2.44. The SMILES string of the molecule is CC1=C\[C@@H](O)C[C@@H](F)Cc2nc(co2)C(=O)N2CCC[C@@H]2C(=O)O[C@H](C(C)C)[C@H](C)/C=C/C(=O)N[C@@H](C)\C=C\1. The van der Waals surface area contributed by atoms with E-state index in [4.69, 9.17) is 9.15 Å². The van der Waals surface area contributed by atoms with E-state index < -0.39 is 36.3 Å². The van der Waals surface area contributed by atoms with Crippen molar-refractivity contribution in [1.82, 2.24) is 15.2 Å². The van der Waals surface area contributed by atoms with Gasteiger partial charge in [0.1, 0.15) is 24.6 Å². The molecule has 2 aliphatic heterocycles. The molecule has 2 amide bonds. The van der Waals surface area contributed by atoms with Gasteiger partial charge in [-0.2, -0.15) is 0 Å². The van der Waals surface area contributed by atoms with E-state index >= 15 is 0 Å². The normalized spacial score (nSPS) is 33.1. The van der Waals surface area contributed by atoms with Gasteiger partial charge in [-0.25, -0.2) is 14.2 Å².